The van der Waals surface area contributed by atoms with E-state index in [1.165, 1.54) is 11.0 Å². The number of amides is 2. The number of pyridine rings is 1. The fourth-order valence-corrected chi connectivity index (χ4v) is 3.09. The third kappa shape index (κ3) is 3.35. The van der Waals surface area contributed by atoms with Gasteiger partial charge in [-0.05, 0) is 20.3 Å². The van der Waals surface area contributed by atoms with Crippen molar-refractivity contribution in [3.63, 3.8) is 0 Å². The van der Waals surface area contributed by atoms with Crippen molar-refractivity contribution in [2.45, 2.75) is 32.8 Å². The van der Waals surface area contributed by atoms with Crippen molar-refractivity contribution < 1.29 is 19.2 Å². The van der Waals surface area contributed by atoms with Gasteiger partial charge in [0.05, 0.1) is 16.9 Å². The predicted molar refractivity (Wildman–Crippen MR) is 92.4 cm³/mol. The molecular weight excluding hydrogens is 338 g/mol. The molecule has 1 aliphatic carbocycles. The number of rotatable bonds is 6. The summed E-state index contributed by atoms with van der Waals surface area (Å²) >= 11 is 0. The summed E-state index contributed by atoms with van der Waals surface area (Å²) in [6.45, 7) is 3.68. The lowest BCUT2D eigenvalue weighted by molar-refractivity contribution is -0.385. The molecular formula is C18H19N3O5. The zero-order chi connectivity index (χ0) is 18.8. The first kappa shape index (κ1) is 17.8. The highest BCUT2D eigenvalue weighted by Crippen LogP contribution is 2.31. The molecule has 0 bridgehead atoms. The second kappa shape index (κ2) is 7.07. The Morgan fingerprint density at radius 2 is 2.23 bits per heavy atom. The van der Waals surface area contributed by atoms with Gasteiger partial charge < -0.3 is 4.74 Å². The first-order valence-corrected chi connectivity index (χ1v) is 8.38. The Kier molecular flexibility index (Phi) is 4.83. The van der Waals surface area contributed by atoms with E-state index in [1.807, 2.05) is 6.08 Å². The van der Waals surface area contributed by atoms with E-state index in [1.54, 1.807) is 26.0 Å². The number of aryl methyl sites for hydroxylation is 1. The normalized spacial score (nSPS) is 20.0. The average molecular weight is 357 g/mol. The van der Waals surface area contributed by atoms with Gasteiger partial charge >= 0.3 is 0 Å². The van der Waals surface area contributed by atoms with E-state index in [9.17, 15) is 19.7 Å². The van der Waals surface area contributed by atoms with Crippen LogP contribution < -0.4 is 4.74 Å². The van der Waals surface area contributed by atoms with Gasteiger partial charge in [0.1, 0.15) is 6.20 Å². The van der Waals surface area contributed by atoms with Gasteiger partial charge in [-0.2, -0.15) is 0 Å². The molecule has 2 heterocycles. The molecule has 0 N–H and O–H groups in total. The summed E-state index contributed by atoms with van der Waals surface area (Å²) in [5.41, 5.74) is 0.946. The summed E-state index contributed by atoms with van der Waals surface area (Å²) in [6, 6.07) is 1.51. The number of nitro groups is 1. The number of allylic oxidation sites excluding steroid dienone is 3. The summed E-state index contributed by atoms with van der Waals surface area (Å²) in [5, 5.41) is 10.8. The summed E-state index contributed by atoms with van der Waals surface area (Å²) in [5.74, 6) is -0.481. The van der Waals surface area contributed by atoms with Crippen LogP contribution in [0.2, 0.25) is 0 Å². The van der Waals surface area contributed by atoms with E-state index in [4.69, 9.17) is 4.74 Å². The highest BCUT2D eigenvalue weighted by Gasteiger charge is 2.42. The van der Waals surface area contributed by atoms with Crippen molar-refractivity contribution >= 4 is 17.5 Å². The molecule has 1 aliphatic heterocycles. The second-order valence-corrected chi connectivity index (χ2v) is 6.42. The number of hydrogen-bond acceptors (Lipinski definition) is 6. The minimum atomic E-state index is -0.497. The number of ether oxygens (including phenoxy) is 1. The Hall–Kier alpha value is -3.03. The topological polar surface area (TPSA) is 103 Å². The van der Waals surface area contributed by atoms with Crippen molar-refractivity contribution in [1.82, 2.24) is 9.88 Å². The van der Waals surface area contributed by atoms with Crippen LogP contribution in [0.15, 0.2) is 36.1 Å². The molecule has 1 fully saturated rings. The summed E-state index contributed by atoms with van der Waals surface area (Å²) < 4.78 is 5.67. The lowest BCUT2D eigenvalue weighted by atomic mass is 9.94. The van der Waals surface area contributed by atoms with Crippen LogP contribution in [-0.4, -0.2) is 39.3 Å². The smallest absolute Gasteiger partial charge is 0.290 e. The molecule has 26 heavy (non-hydrogen) atoms. The summed E-state index contributed by atoms with van der Waals surface area (Å²) in [4.78, 5) is 40.3. The molecule has 1 aromatic heterocycles. The van der Waals surface area contributed by atoms with Crippen molar-refractivity contribution in [1.29, 1.82) is 0 Å². The number of carbonyl (C=O) groups is 2. The second-order valence-electron chi connectivity index (χ2n) is 6.42. The maximum atomic E-state index is 12.4. The van der Waals surface area contributed by atoms with Crippen LogP contribution in [-0.2, 0) is 9.59 Å². The molecule has 8 nitrogen and oxygen atoms in total. The molecule has 2 amide bonds. The van der Waals surface area contributed by atoms with Crippen molar-refractivity contribution in [2.75, 3.05) is 6.54 Å². The van der Waals surface area contributed by atoms with E-state index < -0.39 is 4.92 Å². The minimum absolute atomic E-state index is 0.0669. The van der Waals surface area contributed by atoms with Crippen molar-refractivity contribution in [2.24, 2.45) is 5.92 Å². The molecule has 0 aromatic carbocycles. The van der Waals surface area contributed by atoms with E-state index in [-0.39, 0.29) is 41.9 Å². The largest absolute Gasteiger partial charge is 0.475 e. The van der Waals surface area contributed by atoms with Gasteiger partial charge in [0, 0.05) is 30.2 Å². The quantitative estimate of drug-likeness (QED) is 0.440. The van der Waals surface area contributed by atoms with Crippen molar-refractivity contribution in [3.05, 3.63) is 51.7 Å². The Bertz CT molecular complexity index is 830. The summed E-state index contributed by atoms with van der Waals surface area (Å²) in [7, 11) is 0. The molecule has 1 saturated heterocycles. The third-order valence-electron chi connectivity index (χ3n) is 4.55. The van der Waals surface area contributed by atoms with Crippen LogP contribution in [0.1, 0.15) is 25.3 Å². The molecule has 136 valence electrons. The van der Waals surface area contributed by atoms with E-state index in [2.05, 4.69) is 4.98 Å². The first-order chi connectivity index (χ1) is 12.4. The van der Waals surface area contributed by atoms with Gasteiger partial charge in [-0.1, -0.05) is 18.2 Å². The average Bonchev–Trinajstić information content (AvgIpc) is 2.84. The maximum absolute atomic E-state index is 12.4. The molecule has 1 unspecified atom stereocenters. The van der Waals surface area contributed by atoms with Gasteiger partial charge in [0.2, 0.25) is 11.8 Å². The maximum Gasteiger partial charge on any atom is 0.290 e. The van der Waals surface area contributed by atoms with Crippen LogP contribution in [0.25, 0.3) is 0 Å². The van der Waals surface area contributed by atoms with E-state index in [0.717, 1.165) is 6.20 Å². The van der Waals surface area contributed by atoms with E-state index >= 15 is 0 Å². The lowest BCUT2D eigenvalue weighted by Crippen LogP contribution is -2.34. The van der Waals surface area contributed by atoms with Gasteiger partial charge in [-0.3, -0.25) is 24.6 Å². The molecule has 0 radical (unpaired) electrons. The Morgan fingerprint density at radius 3 is 2.88 bits per heavy atom. The number of hydrogen-bond donors (Lipinski definition) is 0. The van der Waals surface area contributed by atoms with Gasteiger partial charge in [-0.25, -0.2) is 4.98 Å². The number of likely N-dealkylation sites (tertiary alicyclic amines) is 1. The van der Waals surface area contributed by atoms with Gasteiger partial charge in [-0.15, -0.1) is 0 Å². The highest BCUT2D eigenvalue weighted by atomic mass is 16.6. The molecule has 2 atom stereocenters. The monoisotopic (exact) mass is 357 g/mol. The molecule has 8 heteroatoms. The van der Waals surface area contributed by atoms with Crippen LogP contribution >= 0.6 is 0 Å². The van der Waals surface area contributed by atoms with Crippen LogP contribution in [0.3, 0.4) is 0 Å². The molecule has 1 aromatic rings. The third-order valence-corrected chi connectivity index (χ3v) is 4.55. The predicted octanol–water partition coefficient (Wildman–Crippen LogP) is 2.33. The standard InChI is InChI=1S/C18H19N3O5/c1-11-9-16(19-10-15(11)21(24)25)26-12(2)7-8-20-17(22)13-5-3-4-6-14(13)18(20)23/h3-5,9-10,12,14H,6-8H2,1-2H3/t12-,14?/m1/s1. The lowest BCUT2D eigenvalue weighted by Gasteiger charge is -2.18. The molecule has 0 spiro atoms. The van der Waals surface area contributed by atoms with Crippen LogP contribution in [0.5, 0.6) is 5.88 Å². The number of nitrogens with zero attached hydrogens (tertiary/aromatic N) is 3. The number of carbonyl (C=O) groups excluding carboxylic acids is 2. The SMILES string of the molecule is Cc1cc(O[C@H](C)CCN2C(=O)C3=CC=CCC3C2=O)ncc1[N+](=O)[O-]. The van der Waals surface area contributed by atoms with Gasteiger partial charge in [0.15, 0.2) is 0 Å². The number of imide groups is 1. The van der Waals surface area contributed by atoms with E-state index in [0.29, 0.717) is 24.0 Å². The number of fused-ring (bicyclic) bond motifs is 1. The minimum Gasteiger partial charge on any atom is -0.475 e. The van der Waals surface area contributed by atoms with Crippen LogP contribution in [0.4, 0.5) is 5.69 Å². The fourth-order valence-electron chi connectivity index (χ4n) is 3.09. The summed E-state index contributed by atoms with van der Waals surface area (Å²) in [6.07, 6.45) is 7.26. The Labute approximate surface area is 150 Å². The molecule has 0 saturated carbocycles. The first-order valence-electron chi connectivity index (χ1n) is 8.38. The fraction of sp³-hybridized carbons (Fsp3) is 0.389. The van der Waals surface area contributed by atoms with Crippen LogP contribution in [0, 0.1) is 23.0 Å². The van der Waals surface area contributed by atoms with Crippen molar-refractivity contribution in [3.8, 4) is 5.88 Å². The Morgan fingerprint density at radius 1 is 1.46 bits per heavy atom. The molecule has 3 rings (SSSR count). The van der Waals surface area contributed by atoms with Gasteiger partial charge in [0.25, 0.3) is 11.6 Å². The molecule has 2 aliphatic rings. The zero-order valence-corrected chi connectivity index (χ0v) is 14.5. The zero-order valence-electron chi connectivity index (χ0n) is 14.5. The highest BCUT2D eigenvalue weighted by molar-refractivity contribution is 6.15. The Balaban J connectivity index is 1.59. The number of aromatic nitrogens is 1.